The maximum Gasteiger partial charge on any atom is 0.224 e. The molecule has 2 atom stereocenters. The number of ether oxygens (including phenoxy) is 1. The first-order valence-corrected chi connectivity index (χ1v) is 6.93. The molecule has 1 N–H and O–H groups in total. The molecule has 1 aliphatic carbocycles. The zero-order valence-corrected chi connectivity index (χ0v) is 12.2. The Bertz CT molecular complexity index is 455. The van der Waals surface area contributed by atoms with Crippen LogP contribution in [0.3, 0.4) is 0 Å². The van der Waals surface area contributed by atoms with Crippen LogP contribution in [0.5, 0.6) is 0 Å². The van der Waals surface area contributed by atoms with Gasteiger partial charge in [-0.25, -0.2) is 4.98 Å². The van der Waals surface area contributed by atoms with Crippen LogP contribution in [0.25, 0.3) is 0 Å². The van der Waals surface area contributed by atoms with Gasteiger partial charge >= 0.3 is 0 Å². The highest BCUT2D eigenvalue weighted by Gasteiger charge is 2.22. The molecule has 0 spiro atoms. The van der Waals surface area contributed by atoms with Crippen LogP contribution in [0.15, 0.2) is 11.2 Å². The van der Waals surface area contributed by atoms with Crippen LogP contribution in [0.4, 0.5) is 5.82 Å². The average Bonchev–Trinajstić information content (AvgIpc) is 2.41. The fourth-order valence-corrected chi connectivity index (χ4v) is 2.50. The standard InChI is InChI=1S/C12H16Cl2N4O/c1-19-7-16-8-3-2-4-9(5-8)17-11-10(13)6-15-12(14)18-11/h6-9H,2-5H2,1H3,(H,15,17,18). The molecule has 1 fully saturated rings. The molecular weight excluding hydrogens is 287 g/mol. The number of hydrogen-bond donors (Lipinski definition) is 1. The van der Waals surface area contributed by atoms with E-state index in [9.17, 15) is 0 Å². The molecule has 1 saturated carbocycles. The van der Waals surface area contributed by atoms with E-state index in [-0.39, 0.29) is 17.4 Å². The van der Waals surface area contributed by atoms with Gasteiger partial charge in [0.25, 0.3) is 0 Å². The zero-order valence-electron chi connectivity index (χ0n) is 10.6. The molecule has 0 amide bonds. The van der Waals surface area contributed by atoms with E-state index in [0.29, 0.717) is 10.8 Å². The van der Waals surface area contributed by atoms with Crippen molar-refractivity contribution in [2.75, 3.05) is 12.4 Å². The maximum atomic E-state index is 6.04. The Balaban J connectivity index is 1.98. The number of hydrogen-bond acceptors (Lipinski definition) is 5. The average molecular weight is 303 g/mol. The maximum absolute atomic E-state index is 6.04. The summed E-state index contributed by atoms with van der Waals surface area (Å²) in [6.45, 7) is 0. The van der Waals surface area contributed by atoms with Crippen LogP contribution < -0.4 is 5.32 Å². The van der Waals surface area contributed by atoms with Crippen molar-refractivity contribution in [3.8, 4) is 0 Å². The molecule has 0 aromatic carbocycles. The third-order valence-electron chi connectivity index (χ3n) is 3.08. The van der Waals surface area contributed by atoms with Gasteiger partial charge in [-0.1, -0.05) is 11.6 Å². The van der Waals surface area contributed by atoms with Crippen LogP contribution in [-0.4, -0.2) is 35.6 Å². The first kappa shape index (κ1) is 14.3. The molecule has 2 unspecified atom stereocenters. The summed E-state index contributed by atoms with van der Waals surface area (Å²) >= 11 is 11.8. The lowest BCUT2D eigenvalue weighted by molar-refractivity contribution is 0.386. The van der Waals surface area contributed by atoms with E-state index in [0.717, 1.165) is 25.7 Å². The summed E-state index contributed by atoms with van der Waals surface area (Å²) in [4.78, 5) is 12.3. The largest absolute Gasteiger partial charge is 0.487 e. The quantitative estimate of drug-likeness (QED) is 0.527. The van der Waals surface area contributed by atoms with Crippen molar-refractivity contribution >= 4 is 35.4 Å². The minimum Gasteiger partial charge on any atom is -0.487 e. The number of anilines is 1. The number of halogens is 2. The van der Waals surface area contributed by atoms with E-state index in [1.807, 2.05) is 0 Å². The van der Waals surface area contributed by atoms with E-state index in [1.54, 1.807) is 7.11 Å². The van der Waals surface area contributed by atoms with Crippen LogP contribution in [0.1, 0.15) is 25.7 Å². The molecule has 1 aliphatic rings. The Labute approximate surface area is 122 Å². The predicted octanol–water partition coefficient (Wildman–Crippen LogP) is 3.18. The van der Waals surface area contributed by atoms with Gasteiger partial charge in [-0.15, -0.1) is 0 Å². The second-order valence-electron chi connectivity index (χ2n) is 4.49. The molecule has 0 bridgehead atoms. The highest BCUT2D eigenvalue weighted by atomic mass is 35.5. The molecule has 2 rings (SSSR count). The van der Waals surface area contributed by atoms with Crippen molar-refractivity contribution in [1.29, 1.82) is 0 Å². The monoisotopic (exact) mass is 302 g/mol. The van der Waals surface area contributed by atoms with E-state index < -0.39 is 0 Å². The zero-order chi connectivity index (χ0) is 13.7. The first-order chi connectivity index (χ1) is 9.19. The van der Waals surface area contributed by atoms with E-state index in [1.165, 1.54) is 12.6 Å². The summed E-state index contributed by atoms with van der Waals surface area (Å²) in [6.07, 6.45) is 7.19. The van der Waals surface area contributed by atoms with E-state index in [4.69, 9.17) is 27.9 Å². The van der Waals surface area contributed by atoms with Crippen LogP contribution >= 0.6 is 23.2 Å². The molecule has 1 aromatic heterocycles. The second kappa shape index (κ2) is 6.91. The lowest BCUT2D eigenvalue weighted by atomic mass is 9.91. The Morgan fingerprint density at radius 3 is 3.11 bits per heavy atom. The minimum absolute atomic E-state index is 0.191. The van der Waals surface area contributed by atoms with Crippen molar-refractivity contribution in [1.82, 2.24) is 9.97 Å². The summed E-state index contributed by atoms with van der Waals surface area (Å²) in [5.41, 5.74) is 0. The van der Waals surface area contributed by atoms with Crippen molar-refractivity contribution in [2.24, 2.45) is 4.99 Å². The topological polar surface area (TPSA) is 59.4 Å². The molecule has 1 aromatic rings. The number of methoxy groups -OCH3 is 1. The van der Waals surface area contributed by atoms with Crippen molar-refractivity contribution < 1.29 is 4.74 Å². The second-order valence-corrected chi connectivity index (χ2v) is 5.23. The summed E-state index contributed by atoms with van der Waals surface area (Å²) in [5, 5.41) is 3.98. The number of rotatable bonds is 4. The lowest BCUT2D eigenvalue weighted by Gasteiger charge is -2.27. The molecule has 0 saturated heterocycles. The lowest BCUT2D eigenvalue weighted by Crippen LogP contribution is -2.29. The van der Waals surface area contributed by atoms with Crippen molar-refractivity contribution in [2.45, 2.75) is 37.8 Å². The Hall–Kier alpha value is -1.07. The first-order valence-electron chi connectivity index (χ1n) is 6.18. The third-order valence-corrected chi connectivity index (χ3v) is 3.54. The van der Waals surface area contributed by atoms with Gasteiger partial charge in [-0.05, 0) is 37.3 Å². The van der Waals surface area contributed by atoms with E-state index >= 15 is 0 Å². The predicted molar refractivity (Wildman–Crippen MR) is 77.2 cm³/mol. The van der Waals surface area contributed by atoms with E-state index in [2.05, 4.69) is 20.3 Å². The summed E-state index contributed by atoms with van der Waals surface area (Å²) in [5.74, 6) is 0.586. The Kier molecular flexibility index (Phi) is 5.22. The molecule has 5 nitrogen and oxygen atoms in total. The fraction of sp³-hybridized carbons (Fsp3) is 0.583. The molecule has 0 aliphatic heterocycles. The van der Waals surface area contributed by atoms with Gasteiger partial charge in [0, 0.05) is 6.04 Å². The van der Waals surface area contributed by atoms with Gasteiger partial charge < -0.3 is 10.1 Å². The molecular formula is C12H16Cl2N4O. The fourth-order valence-electron chi connectivity index (χ4n) is 2.22. The van der Waals surface area contributed by atoms with Gasteiger partial charge in [0.1, 0.15) is 10.8 Å². The van der Waals surface area contributed by atoms with Gasteiger partial charge in [-0.3, -0.25) is 4.99 Å². The van der Waals surface area contributed by atoms with Crippen molar-refractivity contribution in [3.05, 3.63) is 16.5 Å². The van der Waals surface area contributed by atoms with Crippen molar-refractivity contribution in [3.63, 3.8) is 0 Å². The van der Waals surface area contributed by atoms with Crippen LogP contribution in [0.2, 0.25) is 10.3 Å². The highest BCUT2D eigenvalue weighted by molar-refractivity contribution is 6.33. The molecule has 19 heavy (non-hydrogen) atoms. The van der Waals surface area contributed by atoms with Gasteiger partial charge in [0.2, 0.25) is 5.28 Å². The molecule has 0 radical (unpaired) electrons. The minimum atomic E-state index is 0.191. The molecule has 1 heterocycles. The summed E-state index contributed by atoms with van der Waals surface area (Å²) < 4.78 is 4.86. The number of nitrogens with one attached hydrogen (secondary N) is 1. The smallest absolute Gasteiger partial charge is 0.224 e. The molecule has 7 heteroatoms. The number of nitrogens with zero attached hydrogens (tertiary/aromatic N) is 3. The van der Waals surface area contributed by atoms with Crippen LogP contribution in [-0.2, 0) is 4.74 Å². The van der Waals surface area contributed by atoms with Crippen LogP contribution in [0, 0.1) is 0 Å². The van der Waals surface area contributed by atoms with Gasteiger partial charge in [0.05, 0.1) is 19.3 Å². The number of aliphatic imine (C=N–C) groups is 1. The highest BCUT2D eigenvalue weighted by Crippen LogP contribution is 2.26. The van der Waals surface area contributed by atoms with Gasteiger partial charge in [0.15, 0.2) is 6.40 Å². The summed E-state index contributed by atoms with van der Waals surface area (Å²) in [6, 6.07) is 0.568. The normalized spacial score (nSPS) is 23.5. The third kappa shape index (κ3) is 4.21. The Morgan fingerprint density at radius 2 is 2.32 bits per heavy atom. The van der Waals surface area contributed by atoms with Gasteiger partial charge in [-0.2, -0.15) is 4.98 Å². The molecule has 104 valence electrons. The summed E-state index contributed by atoms with van der Waals surface area (Å²) in [7, 11) is 1.60. The number of aromatic nitrogens is 2. The Morgan fingerprint density at radius 1 is 1.47 bits per heavy atom. The SMILES string of the molecule is COC=NC1CCCC(Nc2nc(Cl)ncc2Cl)C1.